The van der Waals surface area contributed by atoms with Crippen LogP contribution in [-0.2, 0) is 11.2 Å². The van der Waals surface area contributed by atoms with Crippen LogP contribution in [0, 0.1) is 0 Å². The van der Waals surface area contributed by atoms with Crippen LogP contribution in [0.25, 0.3) is 0 Å². The average molecular weight is 213 g/mol. The highest BCUT2D eigenvalue weighted by molar-refractivity contribution is 6.33. The molecule has 0 heterocycles. The number of carbonyl (C=O) groups excluding carboxylic acids is 1. The highest BCUT2D eigenvalue weighted by atomic mass is 35.5. The third kappa shape index (κ3) is 2.48. The summed E-state index contributed by atoms with van der Waals surface area (Å²) >= 11 is 5.94. The quantitative estimate of drug-likeness (QED) is 0.720. The van der Waals surface area contributed by atoms with Crippen molar-refractivity contribution >= 4 is 17.6 Å². The Morgan fingerprint density at radius 3 is 2.64 bits per heavy atom. The molecule has 0 atom stereocenters. The molecule has 1 rings (SSSR count). The van der Waals surface area contributed by atoms with Gasteiger partial charge in [0.2, 0.25) is 0 Å². The number of benzene rings is 1. The second-order valence-corrected chi connectivity index (χ2v) is 3.30. The first-order chi connectivity index (χ1) is 6.69. The van der Waals surface area contributed by atoms with E-state index in [-0.39, 0.29) is 5.97 Å². The number of esters is 1. The Balaban J connectivity index is 2.94. The first-order valence-corrected chi connectivity index (χ1v) is 5.02. The molecule has 76 valence electrons. The molecule has 0 bridgehead atoms. The van der Waals surface area contributed by atoms with Gasteiger partial charge in [0.25, 0.3) is 0 Å². The van der Waals surface area contributed by atoms with Crippen LogP contribution in [0.15, 0.2) is 18.2 Å². The maximum Gasteiger partial charge on any atom is 0.339 e. The summed E-state index contributed by atoms with van der Waals surface area (Å²) in [5, 5.41) is 0.461. The van der Waals surface area contributed by atoms with Gasteiger partial charge in [-0.3, -0.25) is 0 Å². The van der Waals surface area contributed by atoms with Crippen molar-refractivity contribution in [2.24, 2.45) is 0 Å². The minimum atomic E-state index is -0.361. The lowest BCUT2D eigenvalue weighted by Gasteiger charge is -2.05. The van der Waals surface area contributed by atoms with E-state index in [1.54, 1.807) is 19.1 Å². The lowest BCUT2D eigenvalue weighted by Crippen LogP contribution is -2.05. The number of ether oxygens (including phenoxy) is 1. The third-order valence-corrected chi connectivity index (χ3v) is 2.25. The van der Waals surface area contributed by atoms with Gasteiger partial charge in [0.1, 0.15) is 0 Å². The molecule has 0 N–H and O–H groups in total. The number of rotatable bonds is 3. The molecule has 3 heteroatoms. The van der Waals surface area contributed by atoms with E-state index in [1.807, 2.05) is 13.0 Å². The first-order valence-electron chi connectivity index (χ1n) is 4.64. The number of carbonyl (C=O) groups is 1. The van der Waals surface area contributed by atoms with Gasteiger partial charge in [-0.25, -0.2) is 4.79 Å². The summed E-state index contributed by atoms with van der Waals surface area (Å²) in [4.78, 5) is 11.4. The van der Waals surface area contributed by atoms with Crippen LogP contribution < -0.4 is 0 Å². The van der Waals surface area contributed by atoms with Crippen molar-refractivity contribution in [3.05, 3.63) is 34.3 Å². The molecule has 0 unspecified atom stereocenters. The molecule has 0 saturated heterocycles. The predicted molar refractivity (Wildman–Crippen MR) is 56.8 cm³/mol. The number of hydrogen-bond acceptors (Lipinski definition) is 2. The predicted octanol–water partition coefficient (Wildman–Crippen LogP) is 3.08. The first kappa shape index (κ1) is 11.1. The topological polar surface area (TPSA) is 26.3 Å². The fourth-order valence-corrected chi connectivity index (χ4v) is 1.43. The van der Waals surface area contributed by atoms with E-state index >= 15 is 0 Å². The standard InChI is InChI=1S/C11H13ClO2/c1-3-8-5-6-9(10(12)7-8)11(13)14-4-2/h5-7H,3-4H2,1-2H3. The zero-order valence-corrected chi connectivity index (χ0v) is 9.10. The second-order valence-electron chi connectivity index (χ2n) is 2.89. The molecular formula is C11H13ClO2. The molecular weight excluding hydrogens is 200 g/mol. The van der Waals surface area contributed by atoms with E-state index in [9.17, 15) is 4.79 Å². The largest absolute Gasteiger partial charge is 0.462 e. The summed E-state index contributed by atoms with van der Waals surface area (Å²) in [7, 11) is 0. The molecule has 0 aliphatic rings. The van der Waals surface area contributed by atoms with E-state index in [4.69, 9.17) is 16.3 Å². The molecule has 0 saturated carbocycles. The van der Waals surface area contributed by atoms with Gasteiger partial charge in [0, 0.05) is 0 Å². The van der Waals surface area contributed by atoms with Gasteiger partial charge in [-0.1, -0.05) is 24.6 Å². The van der Waals surface area contributed by atoms with Crippen molar-refractivity contribution < 1.29 is 9.53 Å². The number of halogens is 1. The van der Waals surface area contributed by atoms with Crippen LogP contribution in [-0.4, -0.2) is 12.6 Å². The van der Waals surface area contributed by atoms with E-state index in [1.165, 1.54) is 0 Å². The van der Waals surface area contributed by atoms with Crippen LogP contribution in [0.5, 0.6) is 0 Å². The fraction of sp³-hybridized carbons (Fsp3) is 0.364. The SMILES string of the molecule is CCOC(=O)c1ccc(CC)cc1Cl. The molecule has 1 aromatic carbocycles. The second kappa shape index (κ2) is 5.01. The number of hydrogen-bond donors (Lipinski definition) is 0. The Morgan fingerprint density at radius 2 is 2.14 bits per heavy atom. The molecule has 0 radical (unpaired) electrons. The summed E-state index contributed by atoms with van der Waals surface area (Å²) in [6.07, 6.45) is 0.906. The van der Waals surface area contributed by atoms with E-state index in [0.29, 0.717) is 17.2 Å². The lowest BCUT2D eigenvalue weighted by atomic mass is 10.1. The van der Waals surface area contributed by atoms with Gasteiger partial charge in [-0.05, 0) is 31.0 Å². The molecule has 0 aliphatic heterocycles. The highest BCUT2D eigenvalue weighted by Crippen LogP contribution is 2.19. The third-order valence-electron chi connectivity index (χ3n) is 1.94. The monoisotopic (exact) mass is 212 g/mol. The molecule has 2 nitrogen and oxygen atoms in total. The van der Waals surface area contributed by atoms with Gasteiger partial charge in [0.05, 0.1) is 17.2 Å². The molecule has 0 spiro atoms. The van der Waals surface area contributed by atoms with Crippen LogP contribution in [0.1, 0.15) is 29.8 Å². The molecule has 0 fully saturated rings. The summed E-state index contributed by atoms with van der Waals surface area (Å²) in [5.41, 5.74) is 1.55. The minimum absolute atomic E-state index is 0.361. The Kier molecular flexibility index (Phi) is 3.96. The summed E-state index contributed by atoms with van der Waals surface area (Å²) in [5.74, 6) is -0.361. The van der Waals surface area contributed by atoms with E-state index < -0.39 is 0 Å². The highest BCUT2D eigenvalue weighted by Gasteiger charge is 2.10. The van der Waals surface area contributed by atoms with Crippen LogP contribution in [0.4, 0.5) is 0 Å². The van der Waals surface area contributed by atoms with Gasteiger partial charge < -0.3 is 4.74 Å². The molecule has 0 aliphatic carbocycles. The summed E-state index contributed by atoms with van der Waals surface area (Å²) < 4.78 is 4.86. The van der Waals surface area contributed by atoms with Crippen molar-refractivity contribution in [3.8, 4) is 0 Å². The summed E-state index contributed by atoms with van der Waals surface area (Å²) in [6, 6.07) is 5.39. The molecule has 0 aromatic heterocycles. The van der Waals surface area contributed by atoms with Gasteiger partial charge >= 0.3 is 5.97 Å². The van der Waals surface area contributed by atoms with Gasteiger partial charge in [-0.15, -0.1) is 0 Å². The minimum Gasteiger partial charge on any atom is -0.462 e. The van der Waals surface area contributed by atoms with Gasteiger partial charge in [-0.2, -0.15) is 0 Å². The van der Waals surface area contributed by atoms with Crippen molar-refractivity contribution in [2.75, 3.05) is 6.61 Å². The maximum absolute atomic E-state index is 11.4. The zero-order chi connectivity index (χ0) is 10.6. The van der Waals surface area contributed by atoms with Crippen molar-refractivity contribution in [2.45, 2.75) is 20.3 Å². The Bertz CT molecular complexity index is 334. The maximum atomic E-state index is 11.4. The Labute approximate surface area is 88.8 Å². The Hall–Kier alpha value is -1.02. The lowest BCUT2D eigenvalue weighted by molar-refractivity contribution is 0.0526. The van der Waals surface area contributed by atoms with Crippen LogP contribution >= 0.6 is 11.6 Å². The van der Waals surface area contributed by atoms with E-state index in [0.717, 1.165) is 12.0 Å². The molecule has 1 aromatic rings. The van der Waals surface area contributed by atoms with Crippen molar-refractivity contribution in [3.63, 3.8) is 0 Å². The van der Waals surface area contributed by atoms with Crippen LogP contribution in [0.3, 0.4) is 0 Å². The smallest absolute Gasteiger partial charge is 0.339 e. The molecule has 0 amide bonds. The van der Waals surface area contributed by atoms with E-state index in [2.05, 4.69) is 0 Å². The average Bonchev–Trinajstić information content (AvgIpc) is 2.17. The van der Waals surface area contributed by atoms with Gasteiger partial charge in [0.15, 0.2) is 0 Å². The van der Waals surface area contributed by atoms with Crippen molar-refractivity contribution in [1.82, 2.24) is 0 Å². The summed E-state index contributed by atoms with van der Waals surface area (Å²) in [6.45, 7) is 4.17. The number of aryl methyl sites for hydroxylation is 1. The van der Waals surface area contributed by atoms with Crippen molar-refractivity contribution in [1.29, 1.82) is 0 Å². The molecule has 14 heavy (non-hydrogen) atoms. The normalized spacial score (nSPS) is 9.93. The Morgan fingerprint density at radius 1 is 1.43 bits per heavy atom. The fourth-order valence-electron chi connectivity index (χ4n) is 1.15. The zero-order valence-electron chi connectivity index (χ0n) is 8.34. The van der Waals surface area contributed by atoms with Crippen LogP contribution in [0.2, 0.25) is 5.02 Å².